The smallest absolute Gasteiger partial charge is 0.191 e. The molecule has 0 saturated heterocycles. The summed E-state index contributed by atoms with van der Waals surface area (Å²) in [4.78, 5) is 4.34. The molecule has 0 aliphatic carbocycles. The second-order valence-corrected chi connectivity index (χ2v) is 8.32. The van der Waals surface area contributed by atoms with Crippen LogP contribution in [0.25, 0.3) is 5.65 Å². The number of nitrogens with one attached hydrogen (secondary N) is 2. The molecule has 32 heavy (non-hydrogen) atoms. The average molecular weight is 550 g/mol. The van der Waals surface area contributed by atoms with Gasteiger partial charge in [-0.1, -0.05) is 32.0 Å². The monoisotopic (exact) mass is 550 g/mol. The van der Waals surface area contributed by atoms with Crippen LogP contribution in [-0.2, 0) is 13.0 Å². The highest BCUT2D eigenvalue weighted by atomic mass is 127. The Labute approximate surface area is 208 Å². The van der Waals surface area contributed by atoms with Crippen molar-refractivity contribution in [3.8, 4) is 5.75 Å². The number of nitrogens with zero attached hydrogens (tertiary/aromatic N) is 4. The Kier molecular flexibility index (Phi) is 10.2. The highest BCUT2D eigenvalue weighted by Crippen LogP contribution is 2.23. The molecule has 0 amide bonds. The van der Waals surface area contributed by atoms with Crippen LogP contribution in [-0.4, -0.2) is 40.3 Å². The third-order valence-electron chi connectivity index (χ3n) is 5.05. The van der Waals surface area contributed by atoms with E-state index in [2.05, 4.69) is 71.7 Å². The molecule has 3 rings (SSSR count). The predicted octanol–water partition coefficient (Wildman–Crippen LogP) is 4.38. The van der Waals surface area contributed by atoms with Gasteiger partial charge in [0.2, 0.25) is 0 Å². The minimum absolute atomic E-state index is 0. The third-order valence-corrected chi connectivity index (χ3v) is 5.05. The number of guanidine groups is 1. The number of hydrogen-bond donors (Lipinski definition) is 2. The Hall–Kier alpha value is -2.36. The fourth-order valence-corrected chi connectivity index (χ4v) is 3.60. The molecule has 0 aliphatic heterocycles. The van der Waals surface area contributed by atoms with Gasteiger partial charge in [-0.3, -0.25) is 9.39 Å². The molecule has 3 aromatic rings. The Balaban J connectivity index is 0.00000363. The first kappa shape index (κ1) is 25.9. The summed E-state index contributed by atoms with van der Waals surface area (Å²) in [6.07, 6.45) is 3.94. The van der Waals surface area contributed by atoms with E-state index in [1.165, 1.54) is 5.56 Å². The summed E-state index contributed by atoms with van der Waals surface area (Å²) in [6, 6.07) is 12.2. The first-order valence-corrected chi connectivity index (χ1v) is 11.0. The Morgan fingerprint density at radius 2 is 1.94 bits per heavy atom. The molecule has 2 heterocycles. The molecule has 1 unspecified atom stereocenters. The number of rotatable bonds is 9. The van der Waals surface area contributed by atoms with E-state index in [9.17, 15) is 0 Å². The molecule has 174 valence electrons. The molecule has 2 aromatic heterocycles. The van der Waals surface area contributed by atoms with Crippen molar-refractivity contribution in [1.82, 2.24) is 25.2 Å². The molecule has 2 N–H and O–H groups in total. The molecule has 0 fully saturated rings. The number of ether oxygens (including phenoxy) is 1. The quantitative estimate of drug-likeness (QED) is 0.235. The van der Waals surface area contributed by atoms with Crippen LogP contribution in [0, 0.1) is 12.8 Å². The summed E-state index contributed by atoms with van der Waals surface area (Å²) in [7, 11) is 1.78. The van der Waals surface area contributed by atoms with Crippen molar-refractivity contribution in [1.29, 1.82) is 0 Å². The largest absolute Gasteiger partial charge is 0.490 e. The third kappa shape index (κ3) is 7.36. The zero-order valence-corrected chi connectivity index (χ0v) is 22.0. The van der Waals surface area contributed by atoms with Crippen molar-refractivity contribution in [3.05, 3.63) is 59.5 Å². The highest BCUT2D eigenvalue weighted by molar-refractivity contribution is 14.0. The van der Waals surface area contributed by atoms with Crippen molar-refractivity contribution in [2.24, 2.45) is 10.9 Å². The van der Waals surface area contributed by atoms with Crippen LogP contribution < -0.4 is 15.4 Å². The zero-order valence-electron chi connectivity index (χ0n) is 19.6. The van der Waals surface area contributed by atoms with Gasteiger partial charge in [-0.05, 0) is 49.9 Å². The van der Waals surface area contributed by atoms with E-state index in [0.29, 0.717) is 19.0 Å². The summed E-state index contributed by atoms with van der Waals surface area (Å²) >= 11 is 0. The van der Waals surface area contributed by atoms with Crippen LogP contribution >= 0.6 is 24.0 Å². The number of pyridine rings is 1. The van der Waals surface area contributed by atoms with Gasteiger partial charge < -0.3 is 15.4 Å². The van der Waals surface area contributed by atoms with Gasteiger partial charge in [0.25, 0.3) is 0 Å². The van der Waals surface area contributed by atoms with Gasteiger partial charge in [-0.25, -0.2) is 0 Å². The average Bonchev–Trinajstić information content (AvgIpc) is 3.14. The maximum atomic E-state index is 6.26. The van der Waals surface area contributed by atoms with Crippen LogP contribution in [0.2, 0.25) is 0 Å². The maximum Gasteiger partial charge on any atom is 0.191 e. The molecular formula is C24H35IN6O. The van der Waals surface area contributed by atoms with Gasteiger partial charge in [0.1, 0.15) is 11.6 Å². The lowest BCUT2D eigenvalue weighted by molar-refractivity contribution is 0.191. The summed E-state index contributed by atoms with van der Waals surface area (Å²) in [5.41, 5.74) is 3.17. The topological polar surface area (TPSA) is 75.8 Å². The fourth-order valence-electron chi connectivity index (χ4n) is 3.60. The van der Waals surface area contributed by atoms with E-state index in [1.54, 1.807) is 7.05 Å². The van der Waals surface area contributed by atoms with Gasteiger partial charge in [-0.2, -0.15) is 0 Å². The molecular weight excluding hydrogens is 515 g/mol. The van der Waals surface area contributed by atoms with E-state index in [4.69, 9.17) is 4.74 Å². The normalized spacial score (nSPS) is 12.5. The van der Waals surface area contributed by atoms with Crippen LogP contribution in [0.15, 0.2) is 47.6 Å². The molecule has 0 radical (unpaired) electrons. The molecule has 1 aromatic carbocycles. The minimum atomic E-state index is 0. The fraction of sp³-hybridized carbons (Fsp3) is 0.458. The second kappa shape index (κ2) is 12.6. The van der Waals surface area contributed by atoms with Gasteiger partial charge in [0.05, 0.1) is 6.10 Å². The van der Waals surface area contributed by atoms with Crippen molar-refractivity contribution in [3.63, 3.8) is 0 Å². The van der Waals surface area contributed by atoms with Crippen molar-refractivity contribution < 1.29 is 4.74 Å². The number of hydrogen-bond acceptors (Lipinski definition) is 4. The Bertz CT molecular complexity index is 1020. The van der Waals surface area contributed by atoms with E-state index in [0.717, 1.165) is 41.6 Å². The molecule has 0 spiro atoms. The minimum Gasteiger partial charge on any atom is -0.490 e. The van der Waals surface area contributed by atoms with E-state index in [1.807, 2.05) is 28.8 Å². The first-order chi connectivity index (χ1) is 15.0. The van der Waals surface area contributed by atoms with Crippen molar-refractivity contribution >= 4 is 35.6 Å². The summed E-state index contributed by atoms with van der Waals surface area (Å²) in [6.45, 7) is 10.0. The lowest BCUT2D eigenvalue weighted by atomic mass is 10.1. The number of benzene rings is 1. The molecule has 7 nitrogen and oxygen atoms in total. The summed E-state index contributed by atoms with van der Waals surface area (Å²) < 4.78 is 8.26. The second-order valence-electron chi connectivity index (χ2n) is 8.32. The number of aliphatic imine (C=N–C) groups is 1. The summed E-state index contributed by atoms with van der Waals surface area (Å²) in [5, 5.41) is 15.2. The lowest BCUT2D eigenvalue weighted by Gasteiger charge is -2.20. The first-order valence-electron chi connectivity index (χ1n) is 11.0. The zero-order chi connectivity index (χ0) is 22.2. The number of halogens is 1. The molecule has 0 bridgehead atoms. The number of aromatic nitrogens is 3. The van der Waals surface area contributed by atoms with Gasteiger partial charge >= 0.3 is 0 Å². The van der Waals surface area contributed by atoms with Crippen molar-refractivity contribution in [2.45, 2.75) is 53.2 Å². The highest BCUT2D eigenvalue weighted by Gasteiger charge is 2.11. The molecule has 0 aliphatic rings. The summed E-state index contributed by atoms with van der Waals surface area (Å²) in [5.74, 6) is 3.21. The molecule has 1 atom stereocenters. The Morgan fingerprint density at radius 3 is 2.69 bits per heavy atom. The standard InChI is InChI=1S/C24H34N6O.HI/c1-17(2)14-19(4)31-21-15-18(3)9-10-20(21)16-27-24(25-5)26-12-11-23-29-28-22-8-6-7-13-30(22)23;/h6-10,13,15,17,19H,11-12,14,16H2,1-5H3,(H2,25,26,27);1H. The van der Waals surface area contributed by atoms with E-state index in [-0.39, 0.29) is 30.1 Å². The number of aryl methyl sites for hydroxylation is 1. The van der Waals surface area contributed by atoms with Crippen LogP contribution in [0.1, 0.15) is 44.1 Å². The van der Waals surface area contributed by atoms with E-state index >= 15 is 0 Å². The van der Waals surface area contributed by atoms with Crippen LogP contribution in [0.3, 0.4) is 0 Å². The SMILES string of the molecule is CN=C(NCCc1nnc2ccccn12)NCc1ccc(C)cc1OC(C)CC(C)C.I. The van der Waals surface area contributed by atoms with Crippen LogP contribution in [0.5, 0.6) is 5.75 Å². The number of fused-ring (bicyclic) bond motifs is 1. The predicted molar refractivity (Wildman–Crippen MR) is 141 cm³/mol. The van der Waals surface area contributed by atoms with E-state index < -0.39 is 0 Å². The van der Waals surface area contributed by atoms with Gasteiger partial charge in [-0.15, -0.1) is 34.2 Å². The van der Waals surface area contributed by atoms with Crippen LogP contribution in [0.4, 0.5) is 0 Å². The Morgan fingerprint density at radius 1 is 1.12 bits per heavy atom. The van der Waals surface area contributed by atoms with Gasteiger partial charge in [0, 0.05) is 38.3 Å². The molecule has 0 saturated carbocycles. The lowest BCUT2D eigenvalue weighted by Crippen LogP contribution is -2.38. The van der Waals surface area contributed by atoms with Crippen molar-refractivity contribution in [2.75, 3.05) is 13.6 Å². The van der Waals surface area contributed by atoms with Gasteiger partial charge in [0.15, 0.2) is 11.6 Å². The molecule has 8 heteroatoms. The maximum absolute atomic E-state index is 6.26.